The highest BCUT2D eigenvalue weighted by Crippen LogP contribution is 2.38. The predicted octanol–water partition coefficient (Wildman–Crippen LogP) is 5.53. The molecule has 0 bridgehead atoms. The maximum absolute atomic E-state index is 12.6. The fourth-order valence-corrected chi connectivity index (χ4v) is 4.49. The zero-order chi connectivity index (χ0) is 22.8. The first-order valence-electron chi connectivity index (χ1n) is 10.7. The van der Waals surface area contributed by atoms with Crippen molar-refractivity contribution in [3.05, 3.63) is 78.0 Å². The minimum Gasteiger partial charge on any atom is -0.457 e. The van der Waals surface area contributed by atoms with Crippen molar-refractivity contribution in [3.63, 3.8) is 0 Å². The van der Waals surface area contributed by atoms with E-state index in [-0.39, 0.29) is 11.9 Å². The van der Waals surface area contributed by atoms with Crippen LogP contribution < -0.4 is 4.74 Å². The maximum Gasteiger partial charge on any atom is 0.299 e. The number of likely N-dealkylation sites (tertiary alicyclic amines) is 1. The number of halogens is 1. The third-order valence-corrected chi connectivity index (χ3v) is 6.00. The standard InChI is InChI=1S/C26H21ClN4O2/c1-2-7-24(32)30-14-6-10-22(30)26-29-25(23-17-28-13-15-31(23)26)20-12-11-19(16-21(20)27)33-18-8-4-3-5-9-18/h3-5,8-9,11-13,15-17,22H,6,10,14H2,1H3. The van der Waals surface area contributed by atoms with Crippen LogP contribution in [-0.2, 0) is 4.79 Å². The molecule has 0 radical (unpaired) electrons. The van der Waals surface area contributed by atoms with E-state index in [1.54, 1.807) is 30.3 Å². The molecule has 1 aliphatic heterocycles. The lowest BCUT2D eigenvalue weighted by Gasteiger charge is -2.21. The minimum absolute atomic E-state index is 0.151. The fraction of sp³-hybridized carbons (Fsp3) is 0.192. The molecule has 4 aromatic rings. The average Bonchev–Trinajstić information content (AvgIpc) is 3.45. The number of carbonyl (C=O) groups excluding carboxylic acids is 1. The fourth-order valence-electron chi connectivity index (χ4n) is 4.23. The number of benzene rings is 2. The van der Waals surface area contributed by atoms with E-state index in [2.05, 4.69) is 16.8 Å². The highest BCUT2D eigenvalue weighted by molar-refractivity contribution is 6.33. The Hall–Kier alpha value is -3.82. The van der Waals surface area contributed by atoms with Crippen LogP contribution in [0.25, 0.3) is 16.8 Å². The van der Waals surface area contributed by atoms with Crippen LogP contribution >= 0.6 is 11.6 Å². The summed E-state index contributed by atoms with van der Waals surface area (Å²) >= 11 is 6.69. The van der Waals surface area contributed by atoms with Gasteiger partial charge in [0.05, 0.1) is 28.5 Å². The zero-order valence-electron chi connectivity index (χ0n) is 18.0. The third-order valence-electron chi connectivity index (χ3n) is 5.69. The molecule has 164 valence electrons. The van der Waals surface area contributed by atoms with Crippen LogP contribution in [0.4, 0.5) is 0 Å². The largest absolute Gasteiger partial charge is 0.457 e. The summed E-state index contributed by atoms with van der Waals surface area (Å²) in [7, 11) is 0. The number of aromatic nitrogens is 3. The first kappa shape index (κ1) is 21.0. The molecule has 0 saturated carbocycles. The van der Waals surface area contributed by atoms with E-state index < -0.39 is 0 Å². The second-order valence-electron chi connectivity index (χ2n) is 7.74. The first-order valence-corrected chi connectivity index (χ1v) is 11.1. The number of rotatable bonds is 4. The molecule has 6 nitrogen and oxygen atoms in total. The van der Waals surface area contributed by atoms with Gasteiger partial charge in [0.25, 0.3) is 5.91 Å². The Morgan fingerprint density at radius 2 is 2.03 bits per heavy atom. The van der Waals surface area contributed by atoms with E-state index in [0.717, 1.165) is 41.2 Å². The van der Waals surface area contributed by atoms with Gasteiger partial charge in [-0.3, -0.25) is 14.2 Å². The molecule has 1 aliphatic rings. The average molecular weight is 457 g/mol. The lowest BCUT2D eigenvalue weighted by atomic mass is 10.1. The molecule has 1 amide bonds. The molecule has 2 aromatic heterocycles. The van der Waals surface area contributed by atoms with E-state index in [1.165, 1.54) is 0 Å². The minimum atomic E-state index is -0.173. The SMILES string of the molecule is CC#CC(=O)N1CCCC1c1nc(-c2ccc(Oc3ccccc3)cc2Cl)c2cnccn12. The number of fused-ring (bicyclic) bond motifs is 1. The Labute approximate surface area is 196 Å². The van der Waals surface area contributed by atoms with Crippen molar-refractivity contribution < 1.29 is 9.53 Å². The quantitative estimate of drug-likeness (QED) is 0.379. The lowest BCUT2D eigenvalue weighted by molar-refractivity contribution is -0.126. The van der Waals surface area contributed by atoms with Gasteiger partial charge < -0.3 is 9.64 Å². The van der Waals surface area contributed by atoms with Crippen molar-refractivity contribution in [1.82, 2.24) is 19.3 Å². The number of imidazole rings is 1. The van der Waals surface area contributed by atoms with E-state index in [0.29, 0.717) is 17.3 Å². The van der Waals surface area contributed by atoms with Crippen molar-refractivity contribution in [2.45, 2.75) is 25.8 Å². The predicted molar refractivity (Wildman–Crippen MR) is 127 cm³/mol. The third kappa shape index (κ3) is 4.04. The zero-order valence-corrected chi connectivity index (χ0v) is 18.8. The molecule has 0 spiro atoms. The van der Waals surface area contributed by atoms with Crippen LogP contribution in [0.2, 0.25) is 5.02 Å². The Morgan fingerprint density at radius 1 is 1.18 bits per heavy atom. The van der Waals surface area contributed by atoms with Crippen molar-refractivity contribution in [3.8, 4) is 34.6 Å². The van der Waals surface area contributed by atoms with Crippen molar-refractivity contribution in [1.29, 1.82) is 0 Å². The summed E-state index contributed by atoms with van der Waals surface area (Å²) in [6, 6.07) is 15.0. The molecule has 7 heteroatoms. The normalized spacial score (nSPS) is 15.3. The molecular weight excluding hydrogens is 436 g/mol. The van der Waals surface area contributed by atoms with Gasteiger partial charge in [0.2, 0.25) is 0 Å². The topological polar surface area (TPSA) is 59.7 Å². The molecule has 33 heavy (non-hydrogen) atoms. The smallest absolute Gasteiger partial charge is 0.299 e. The summed E-state index contributed by atoms with van der Waals surface area (Å²) in [6.07, 6.45) is 7.09. The molecule has 0 aliphatic carbocycles. The Morgan fingerprint density at radius 3 is 2.82 bits per heavy atom. The highest BCUT2D eigenvalue weighted by Gasteiger charge is 2.33. The van der Waals surface area contributed by atoms with Gasteiger partial charge in [0.15, 0.2) is 0 Å². The van der Waals surface area contributed by atoms with Crippen molar-refractivity contribution in [2.75, 3.05) is 6.54 Å². The highest BCUT2D eigenvalue weighted by atomic mass is 35.5. The van der Waals surface area contributed by atoms with Crippen LogP contribution in [0.1, 0.15) is 31.6 Å². The van der Waals surface area contributed by atoms with Gasteiger partial charge in [-0.2, -0.15) is 0 Å². The number of amides is 1. The van der Waals surface area contributed by atoms with Crippen LogP contribution in [0.3, 0.4) is 0 Å². The Balaban J connectivity index is 1.54. The summed E-state index contributed by atoms with van der Waals surface area (Å²) in [5.41, 5.74) is 2.32. The van der Waals surface area contributed by atoms with Crippen molar-refractivity contribution >= 4 is 23.0 Å². The number of para-hydroxylation sites is 1. The molecule has 0 N–H and O–H groups in total. The Bertz CT molecular complexity index is 1390. The summed E-state index contributed by atoms with van der Waals surface area (Å²) in [5.74, 6) is 7.36. The molecule has 2 aromatic carbocycles. The molecule has 1 fully saturated rings. The molecular formula is C26H21ClN4O2. The number of carbonyl (C=O) groups is 1. The number of nitrogens with zero attached hydrogens (tertiary/aromatic N) is 4. The summed E-state index contributed by atoms with van der Waals surface area (Å²) < 4.78 is 7.90. The second-order valence-corrected chi connectivity index (χ2v) is 8.15. The van der Waals surface area contributed by atoms with Crippen LogP contribution in [-0.4, -0.2) is 31.7 Å². The molecule has 5 rings (SSSR count). The molecule has 1 saturated heterocycles. The van der Waals surface area contributed by atoms with Gasteiger partial charge in [-0.05, 0) is 50.0 Å². The summed E-state index contributed by atoms with van der Waals surface area (Å²) in [5, 5.41) is 0.523. The molecule has 1 unspecified atom stereocenters. The van der Waals surface area contributed by atoms with Gasteiger partial charge in [0, 0.05) is 30.6 Å². The van der Waals surface area contributed by atoms with Gasteiger partial charge >= 0.3 is 0 Å². The van der Waals surface area contributed by atoms with Crippen LogP contribution in [0.15, 0.2) is 67.1 Å². The van der Waals surface area contributed by atoms with Gasteiger partial charge in [0.1, 0.15) is 17.3 Å². The van der Waals surface area contributed by atoms with E-state index >= 15 is 0 Å². The van der Waals surface area contributed by atoms with Gasteiger partial charge in [-0.15, -0.1) is 0 Å². The Kier molecular flexibility index (Phi) is 5.72. The van der Waals surface area contributed by atoms with Gasteiger partial charge in [-0.1, -0.05) is 35.7 Å². The second kappa shape index (κ2) is 8.97. The first-order chi connectivity index (χ1) is 16.2. The van der Waals surface area contributed by atoms with E-state index in [1.807, 2.05) is 53.1 Å². The van der Waals surface area contributed by atoms with E-state index in [4.69, 9.17) is 21.3 Å². The maximum atomic E-state index is 12.6. The monoisotopic (exact) mass is 456 g/mol. The number of hydrogen-bond acceptors (Lipinski definition) is 4. The molecule has 1 atom stereocenters. The van der Waals surface area contributed by atoms with Crippen LogP contribution in [0.5, 0.6) is 11.5 Å². The van der Waals surface area contributed by atoms with E-state index in [9.17, 15) is 4.79 Å². The van der Waals surface area contributed by atoms with Gasteiger partial charge in [-0.25, -0.2) is 4.98 Å². The molecule has 3 heterocycles. The lowest BCUT2D eigenvalue weighted by Crippen LogP contribution is -2.30. The summed E-state index contributed by atoms with van der Waals surface area (Å²) in [6.45, 7) is 2.34. The summed E-state index contributed by atoms with van der Waals surface area (Å²) in [4.78, 5) is 23.6. The number of hydrogen-bond donors (Lipinski definition) is 0. The van der Waals surface area contributed by atoms with Crippen molar-refractivity contribution in [2.24, 2.45) is 0 Å². The van der Waals surface area contributed by atoms with Crippen LogP contribution in [0, 0.1) is 11.8 Å². The number of ether oxygens (including phenoxy) is 1.